The van der Waals surface area contributed by atoms with Gasteiger partial charge in [0.2, 0.25) is 0 Å². The Balaban J connectivity index is 0.00000112. The van der Waals surface area contributed by atoms with Gasteiger partial charge in [-0.05, 0) is 30.0 Å². The molecule has 0 saturated carbocycles. The SMILES string of the molecule is COC(=O)C1Cc2cccc(N)c2C1.Cl. The quantitative estimate of drug-likeness (QED) is 0.586. The lowest BCUT2D eigenvalue weighted by Crippen LogP contribution is -2.16. The first-order valence-corrected chi connectivity index (χ1v) is 4.66. The first kappa shape index (κ1) is 11.9. The molecule has 15 heavy (non-hydrogen) atoms. The van der Waals surface area contributed by atoms with E-state index < -0.39 is 0 Å². The van der Waals surface area contributed by atoms with Gasteiger partial charge in [0.25, 0.3) is 0 Å². The normalized spacial score (nSPS) is 17.8. The average Bonchev–Trinajstić information content (AvgIpc) is 2.62. The second-order valence-corrected chi connectivity index (χ2v) is 3.61. The summed E-state index contributed by atoms with van der Waals surface area (Å²) in [6, 6.07) is 5.82. The molecule has 1 aromatic rings. The Labute approximate surface area is 95.0 Å². The standard InChI is InChI=1S/C11H13NO2.ClH/c1-14-11(13)8-5-7-3-2-4-10(12)9(7)6-8;/h2-4,8H,5-6,12H2,1H3;1H. The summed E-state index contributed by atoms with van der Waals surface area (Å²) in [4.78, 5) is 11.3. The highest BCUT2D eigenvalue weighted by atomic mass is 35.5. The lowest BCUT2D eigenvalue weighted by molar-refractivity contribution is -0.145. The molecular formula is C11H14ClNO2. The Kier molecular flexibility index (Phi) is 3.58. The number of halogens is 1. The molecule has 2 rings (SSSR count). The van der Waals surface area contributed by atoms with Crippen molar-refractivity contribution in [3.05, 3.63) is 29.3 Å². The van der Waals surface area contributed by atoms with Crippen molar-refractivity contribution in [1.29, 1.82) is 0 Å². The number of methoxy groups -OCH3 is 1. The molecule has 1 aromatic carbocycles. The van der Waals surface area contributed by atoms with Crippen molar-refractivity contribution in [3.63, 3.8) is 0 Å². The fourth-order valence-corrected chi connectivity index (χ4v) is 2.01. The van der Waals surface area contributed by atoms with Crippen LogP contribution < -0.4 is 5.73 Å². The zero-order chi connectivity index (χ0) is 10.1. The summed E-state index contributed by atoms with van der Waals surface area (Å²) in [6.45, 7) is 0. The Morgan fingerprint density at radius 2 is 2.20 bits per heavy atom. The van der Waals surface area contributed by atoms with E-state index in [-0.39, 0.29) is 24.3 Å². The third kappa shape index (κ3) is 2.07. The third-order valence-corrected chi connectivity index (χ3v) is 2.76. The van der Waals surface area contributed by atoms with Crippen molar-refractivity contribution in [3.8, 4) is 0 Å². The molecule has 0 spiro atoms. The van der Waals surface area contributed by atoms with E-state index in [1.807, 2.05) is 18.2 Å². The maximum atomic E-state index is 11.3. The number of nitrogen functional groups attached to an aromatic ring is 1. The molecule has 3 nitrogen and oxygen atoms in total. The molecule has 0 aliphatic heterocycles. The summed E-state index contributed by atoms with van der Waals surface area (Å²) in [5, 5.41) is 0. The fraction of sp³-hybridized carbons (Fsp3) is 0.364. The Morgan fingerprint density at radius 3 is 2.80 bits per heavy atom. The number of hydrogen-bond acceptors (Lipinski definition) is 3. The molecule has 4 heteroatoms. The summed E-state index contributed by atoms with van der Waals surface area (Å²) in [6.07, 6.45) is 1.47. The summed E-state index contributed by atoms with van der Waals surface area (Å²) < 4.78 is 4.73. The van der Waals surface area contributed by atoms with E-state index in [4.69, 9.17) is 10.5 Å². The van der Waals surface area contributed by atoms with Crippen LogP contribution in [0.25, 0.3) is 0 Å². The fourth-order valence-electron chi connectivity index (χ4n) is 2.01. The number of fused-ring (bicyclic) bond motifs is 1. The molecular weight excluding hydrogens is 214 g/mol. The van der Waals surface area contributed by atoms with Crippen molar-refractivity contribution >= 4 is 24.1 Å². The highest BCUT2D eigenvalue weighted by Gasteiger charge is 2.28. The lowest BCUT2D eigenvalue weighted by Gasteiger charge is -2.04. The number of rotatable bonds is 1. The van der Waals surface area contributed by atoms with Crippen molar-refractivity contribution in [2.24, 2.45) is 5.92 Å². The van der Waals surface area contributed by atoms with Crippen LogP contribution in [0.3, 0.4) is 0 Å². The molecule has 82 valence electrons. The molecule has 0 radical (unpaired) electrons. The van der Waals surface area contributed by atoms with Gasteiger partial charge in [0.05, 0.1) is 13.0 Å². The predicted molar refractivity (Wildman–Crippen MR) is 61.0 cm³/mol. The number of anilines is 1. The van der Waals surface area contributed by atoms with Crippen LogP contribution in [-0.2, 0) is 22.4 Å². The molecule has 1 aliphatic carbocycles. The molecule has 1 aliphatic rings. The second kappa shape index (κ2) is 4.53. The molecule has 0 fully saturated rings. The van der Waals surface area contributed by atoms with E-state index >= 15 is 0 Å². The van der Waals surface area contributed by atoms with E-state index in [0.717, 1.165) is 17.7 Å². The van der Waals surface area contributed by atoms with Gasteiger partial charge in [0.15, 0.2) is 0 Å². The zero-order valence-corrected chi connectivity index (χ0v) is 9.34. The van der Waals surface area contributed by atoms with Crippen LogP contribution in [0.4, 0.5) is 5.69 Å². The minimum atomic E-state index is -0.138. The van der Waals surface area contributed by atoms with Crippen LogP contribution in [0.15, 0.2) is 18.2 Å². The van der Waals surface area contributed by atoms with Crippen LogP contribution >= 0.6 is 12.4 Å². The van der Waals surface area contributed by atoms with Crippen molar-refractivity contribution in [2.75, 3.05) is 12.8 Å². The number of carbonyl (C=O) groups is 1. The second-order valence-electron chi connectivity index (χ2n) is 3.61. The molecule has 1 unspecified atom stereocenters. The minimum Gasteiger partial charge on any atom is -0.469 e. The van der Waals surface area contributed by atoms with Gasteiger partial charge in [-0.2, -0.15) is 0 Å². The van der Waals surface area contributed by atoms with Gasteiger partial charge < -0.3 is 10.5 Å². The van der Waals surface area contributed by atoms with E-state index in [1.54, 1.807) is 0 Å². The number of ether oxygens (including phenoxy) is 1. The van der Waals surface area contributed by atoms with Crippen LogP contribution in [0.5, 0.6) is 0 Å². The maximum Gasteiger partial charge on any atom is 0.309 e. The molecule has 0 aromatic heterocycles. The predicted octanol–water partition coefficient (Wildman–Crippen LogP) is 1.58. The highest BCUT2D eigenvalue weighted by Crippen LogP contribution is 2.31. The van der Waals surface area contributed by atoms with Crippen LogP contribution in [0.1, 0.15) is 11.1 Å². The van der Waals surface area contributed by atoms with Gasteiger partial charge in [0.1, 0.15) is 0 Å². The number of nitrogens with two attached hydrogens (primary N) is 1. The number of hydrogen-bond donors (Lipinski definition) is 1. The maximum absolute atomic E-state index is 11.3. The van der Waals surface area contributed by atoms with Crippen molar-refractivity contribution in [1.82, 2.24) is 0 Å². The molecule has 0 amide bonds. The van der Waals surface area contributed by atoms with Gasteiger partial charge in [-0.25, -0.2) is 0 Å². The van der Waals surface area contributed by atoms with E-state index in [9.17, 15) is 4.79 Å². The summed E-state index contributed by atoms with van der Waals surface area (Å²) in [5.74, 6) is -0.180. The Hall–Kier alpha value is -1.22. The van der Waals surface area contributed by atoms with Crippen LogP contribution in [0.2, 0.25) is 0 Å². The molecule has 0 heterocycles. The molecule has 0 saturated heterocycles. The highest BCUT2D eigenvalue weighted by molar-refractivity contribution is 5.85. The summed E-state index contributed by atoms with van der Waals surface area (Å²) in [7, 11) is 1.43. The summed E-state index contributed by atoms with van der Waals surface area (Å²) in [5.41, 5.74) is 8.90. The topological polar surface area (TPSA) is 52.3 Å². The number of esters is 1. The van der Waals surface area contributed by atoms with Crippen molar-refractivity contribution < 1.29 is 9.53 Å². The molecule has 2 N–H and O–H groups in total. The third-order valence-electron chi connectivity index (χ3n) is 2.76. The van der Waals surface area contributed by atoms with Crippen LogP contribution in [-0.4, -0.2) is 13.1 Å². The number of benzene rings is 1. The lowest BCUT2D eigenvalue weighted by atomic mass is 10.1. The first-order chi connectivity index (χ1) is 6.72. The first-order valence-electron chi connectivity index (χ1n) is 4.66. The van der Waals surface area contributed by atoms with E-state index in [0.29, 0.717) is 6.42 Å². The van der Waals surface area contributed by atoms with E-state index in [1.165, 1.54) is 12.7 Å². The van der Waals surface area contributed by atoms with Gasteiger partial charge in [-0.1, -0.05) is 12.1 Å². The largest absolute Gasteiger partial charge is 0.469 e. The van der Waals surface area contributed by atoms with Gasteiger partial charge in [0, 0.05) is 5.69 Å². The monoisotopic (exact) mass is 227 g/mol. The van der Waals surface area contributed by atoms with E-state index in [2.05, 4.69) is 0 Å². The van der Waals surface area contributed by atoms with Gasteiger partial charge >= 0.3 is 5.97 Å². The average molecular weight is 228 g/mol. The van der Waals surface area contributed by atoms with Gasteiger partial charge in [-0.15, -0.1) is 12.4 Å². The smallest absolute Gasteiger partial charge is 0.309 e. The zero-order valence-electron chi connectivity index (χ0n) is 8.53. The van der Waals surface area contributed by atoms with Gasteiger partial charge in [-0.3, -0.25) is 4.79 Å². The molecule has 1 atom stereocenters. The Bertz CT molecular complexity index is 379. The minimum absolute atomic E-state index is 0. The molecule has 0 bridgehead atoms. The number of carbonyl (C=O) groups excluding carboxylic acids is 1. The summed E-state index contributed by atoms with van der Waals surface area (Å²) >= 11 is 0. The Morgan fingerprint density at radius 1 is 1.47 bits per heavy atom. The van der Waals surface area contributed by atoms with Crippen molar-refractivity contribution in [2.45, 2.75) is 12.8 Å². The van der Waals surface area contributed by atoms with Crippen LogP contribution in [0, 0.1) is 5.92 Å².